The third kappa shape index (κ3) is 5.24. The van der Waals surface area contributed by atoms with Crippen LogP contribution in [0.1, 0.15) is 46.7 Å². The van der Waals surface area contributed by atoms with Gasteiger partial charge in [-0.25, -0.2) is 9.97 Å². The molecule has 0 radical (unpaired) electrons. The summed E-state index contributed by atoms with van der Waals surface area (Å²) in [6.07, 6.45) is 6.09. The van der Waals surface area contributed by atoms with Crippen molar-refractivity contribution < 1.29 is 14.3 Å². The van der Waals surface area contributed by atoms with Crippen LogP contribution < -0.4 is 10.1 Å². The highest BCUT2D eigenvalue weighted by Crippen LogP contribution is 2.27. The van der Waals surface area contributed by atoms with Gasteiger partial charge < -0.3 is 14.8 Å². The lowest BCUT2D eigenvalue weighted by Crippen LogP contribution is -2.27. The first-order valence-corrected chi connectivity index (χ1v) is 10.4. The lowest BCUT2D eigenvalue weighted by atomic mass is 10.0. The molecule has 1 saturated heterocycles. The van der Waals surface area contributed by atoms with Gasteiger partial charge in [-0.3, -0.25) is 9.78 Å². The van der Waals surface area contributed by atoms with Crippen molar-refractivity contribution in [3.05, 3.63) is 71.4 Å². The zero-order valence-corrected chi connectivity index (χ0v) is 18.0. The minimum absolute atomic E-state index is 0.0132. The molecule has 0 saturated carbocycles. The monoisotopic (exact) mass is 418 g/mol. The zero-order chi connectivity index (χ0) is 21.8. The summed E-state index contributed by atoms with van der Waals surface area (Å²) in [5.74, 6) is 1.12. The normalized spacial score (nSPS) is 16.7. The number of nitrogens with zero attached hydrogens (tertiary/aromatic N) is 3. The zero-order valence-electron chi connectivity index (χ0n) is 18.0. The van der Waals surface area contributed by atoms with Crippen molar-refractivity contribution >= 4 is 5.91 Å². The van der Waals surface area contributed by atoms with Crippen LogP contribution >= 0.6 is 0 Å². The fourth-order valence-corrected chi connectivity index (χ4v) is 3.37. The van der Waals surface area contributed by atoms with E-state index in [9.17, 15) is 4.79 Å². The maximum atomic E-state index is 13.1. The topological polar surface area (TPSA) is 86.2 Å². The molecule has 7 heteroatoms. The summed E-state index contributed by atoms with van der Waals surface area (Å²) >= 11 is 0. The van der Waals surface area contributed by atoms with Gasteiger partial charge >= 0.3 is 0 Å². The van der Waals surface area contributed by atoms with Gasteiger partial charge in [-0.15, -0.1) is 0 Å². The van der Waals surface area contributed by atoms with Crippen LogP contribution in [-0.2, 0) is 4.74 Å². The third-order valence-electron chi connectivity index (χ3n) is 5.22. The lowest BCUT2D eigenvalue weighted by Gasteiger charge is -2.17. The van der Waals surface area contributed by atoms with E-state index in [4.69, 9.17) is 9.47 Å². The molecule has 0 spiro atoms. The maximum Gasteiger partial charge on any atom is 0.251 e. The Morgan fingerprint density at radius 2 is 1.94 bits per heavy atom. The summed E-state index contributed by atoms with van der Waals surface area (Å²) in [5.41, 5.74) is 4.04. The van der Waals surface area contributed by atoms with Gasteiger partial charge in [-0.05, 0) is 50.6 Å². The largest absolute Gasteiger partial charge is 0.488 e. The van der Waals surface area contributed by atoms with E-state index in [0.717, 1.165) is 28.8 Å². The molecule has 1 aliphatic rings. The molecule has 31 heavy (non-hydrogen) atoms. The molecule has 160 valence electrons. The molecule has 1 aliphatic heterocycles. The average molecular weight is 418 g/mol. The Morgan fingerprint density at radius 3 is 2.61 bits per heavy atom. The number of hydrogen-bond donors (Lipinski definition) is 1. The highest BCUT2D eigenvalue weighted by Gasteiger charge is 2.20. The number of pyridine rings is 1. The van der Waals surface area contributed by atoms with Crippen molar-refractivity contribution in [1.29, 1.82) is 0 Å². The molecule has 1 N–H and O–H groups in total. The second-order valence-electron chi connectivity index (χ2n) is 7.83. The van der Waals surface area contributed by atoms with Crippen LogP contribution in [0.5, 0.6) is 5.75 Å². The van der Waals surface area contributed by atoms with E-state index >= 15 is 0 Å². The van der Waals surface area contributed by atoms with Crippen LogP contribution in [0.25, 0.3) is 11.3 Å². The third-order valence-corrected chi connectivity index (χ3v) is 5.22. The molecule has 1 fully saturated rings. The molecule has 3 aromatic rings. The standard InChI is InChI=1S/C24H26N4O3/c1-15-4-5-23(27-11-15)18-8-19(10-22(9-18)31-21-6-7-30-14-21)24(29)28-16(2)20-12-25-17(3)26-13-20/h4-5,8-13,16,21H,6-7,14H2,1-3H3,(H,28,29)/t16-,21?/m1/s1. The summed E-state index contributed by atoms with van der Waals surface area (Å²) in [4.78, 5) is 26.0. The second kappa shape index (κ2) is 9.22. The van der Waals surface area contributed by atoms with Gasteiger partial charge in [0, 0.05) is 41.7 Å². The SMILES string of the molecule is Cc1ccc(-c2cc(OC3CCOC3)cc(C(=O)N[C@H](C)c3cnc(C)nc3)c2)nc1. The van der Waals surface area contributed by atoms with E-state index in [1.54, 1.807) is 18.5 Å². The molecule has 2 atom stereocenters. The number of benzene rings is 1. The van der Waals surface area contributed by atoms with Crippen molar-refractivity contribution in [2.24, 2.45) is 0 Å². The van der Waals surface area contributed by atoms with Crippen LogP contribution in [-0.4, -0.2) is 40.2 Å². The number of rotatable bonds is 6. The number of ether oxygens (including phenoxy) is 2. The summed E-state index contributed by atoms with van der Waals surface area (Å²) < 4.78 is 11.5. The van der Waals surface area contributed by atoms with Crippen LogP contribution in [0, 0.1) is 13.8 Å². The molecule has 3 heterocycles. The van der Waals surface area contributed by atoms with Crippen molar-refractivity contribution in [1.82, 2.24) is 20.3 Å². The van der Waals surface area contributed by atoms with Gasteiger partial charge in [0.25, 0.3) is 5.91 Å². The van der Waals surface area contributed by atoms with E-state index in [2.05, 4.69) is 20.3 Å². The minimum atomic E-state index is -0.234. The summed E-state index contributed by atoms with van der Waals surface area (Å²) in [6, 6.07) is 9.24. The number of carbonyl (C=O) groups is 1. The molecule has 4 rings (SSSR count). The van der Waals surface area contributed by atoms with Crippen LogP contribution in [0.15, 0.2) is 48.9 Å². The van der Waals surface area contributed by atoms with E-state index in [1.807, 2.05) is 51.2 Å². The Bertz CT molecular complexity index is 1050. The molecule has 7 nitrogen and oxygen atoms in total. The highest BCUT2D eigenvalue weighted by atomic mass is 16.5. The molecule has 1 unspecified atom stereocenters. The predicted molar refractivity (Wildman–Crippen MR) is 117 cm³/mol. The summed E-state index contributed by atoms with van der Waals surface area (Å²) in [6.45, 7) is 6.97. The number of nitrogens with one attached hydrogen (secondary N) is 1. The minimum Gasteiger partial charge on any atom is -0.488 e. The van der Waals surface area contributed by atoms with Crippen molar-refractivity contribution in [2.45, 2.75) is 39.3 Å². The van der Waals surface area contributed by atoms with Gasteiger partial charge in [0.15, 0.2) is 0 Å². The molecular formula is C24H26N4O3. The van der Waals surface area contributed by atoms with Crippen molar-refractivity contribution in [3.63, 3.8) is 0 Å². The first kappa shape index (κ1) is 20.9. The first-order valence-electron chi connectivity index (χ1n) is 10.4. The lowest BCUT2D eigenvalue weighted by molar-refractivity contribution is 0.0938. The predicted octanol–water partition coefficient (Wildman–Crippen LogP) is 3.81. The van der Waals surface area contributed by atoms with Gasteiger partial charge in [0.2, 0.25) is 0 Å². The fourth-order valence-electron chi connectivity index (χ4n) is 3.37. The maximum absolute atomic E-state index is 13.1. The number of aryl methyl sites for hydroxylation is 2. The van der Waals surface area contributed by atoms with E-state index in [0.29, 0.717) is 30.4 Å². The average Bonchev–Trinajstić information content (AvgIpc) is 3.27. The summed E-state index contributed by atoms with van der Waals surface area (Å²) in [5, 5.41) is 3.02. The Morgan fingerprint density at radius 1 is 1.13 bits per heavy atom. The number of hydrogen-bond acceptors (Lipinski definition) is 6. The van der Waals surface area contributed by atoms with Crippen molar-refractivity contribution in [2.75, 3.05) is 13.2 Å². The van der Waals surface area contributed by atoms with Crippen LogP contribution in [0.4, 0.5) is 0 Å². The highest BCUT2D eigenvalue weighted by molar-refractivity contribution is 5.96. The smallest absolute Gasteiger partial charge is 0.251 e. The fraction of sp³-hybridized carbons (Fsp3) is 0.333. The molecule has 1 aromatic carbocycles. The van der Waals surface area contributed by atoms with Crippen LogP contribution in [0.2, 0.25) is 0 Å². The van der Waals surface area contributed by atoms with Gasteiger partial charge in [-0.1, -0.05) is 6.07 Å². The van der Waals surface area contributed by atoms with E-state index < -0.39 is 0 Å². The number of aromatic nitrogens is 3. The second-order valence-corrected chi connectivity index (χ2v) is 7.83. The molecule has 2 aromatic heterocycles. The molecule has 1 amide bonds. The van der Waals surface area contributed by atoms with E-state index in [1.165, 1.54) is 0 Å². The van der Waals surface area contributed by atoms with Crippen molar-refractivity contribution in [3.8, 4) is 17.0 Å². The Labute approximate surface area is 181 Å². The van der Waals surface area contributed by atoms with E-state index in [-0.39, 0.29) is 18.1 Å². The Balaban J connectivity index is 1.61. The van der Waals surface area contributed by atoms with Gasteiger partial charge in [0.1, 0.15) is 17.7 Å². The number of carbonyl (C=O) groups excluding carboxylic acids is 1. The Kier molecular flexibility index (Phi) is 6.23. The van der Waals surface area contributed by atoms with Crippen LogP contribution in [0.3, 0.4) is 0 Å². The molecular weight excluding hydrogens is 392 g/mol. The Hall–Kier alpha value is -3.32. The first-order chi connectivity index (χ1) is 15.0. The molecule has 0 aliphatic carbocycles. The van der Waals surface area contributed by atoms with Gasteiger partial charge in [0.05, 0.1) is 24.9 Å². The molecule has 0 bridgehead atoms. The number of amides is 1. The quantitative estimate of drug-likeness (QED) is 0.655. The summed E-state index contributed by atoms with van der Waals surface area (Å²) in [7, 11) is 0. The van der Waals surface area contributed by atoms with Gasteiger partial charge in [-0.2, -0.15) is 0 Å².